The molecular formula is C18H16BrNO4S. The first-order valence-corrected chi connectivity index (χ1v) is 9.66. The van der Waals surface area contributed by atoms with Crippen molar-refractivity contribution in [2.24, 2.45) is 0 Å². The van der Waals surface area contributed by atoms with Crippen molar-refractivity contribution in [2.45, 2.75) is 4.90 Å². The largest absolute Gasteiger partial charge is 0.493 e. The highest BCUT2D eigenvalue weighted by Crippen LogP contribution is 2.33. The van der Waals surface area contributed by atoms with Gasteiger partial charge < -0.3 is 9.47 Å². The van der Waals surface area contributed by atoms with Gasteiger partial charge in [-0.1, -0.05) is 40.2 Å². The molecule has 3 rings (SSSR count). The molecule has 0 atom stereocenters. The van der Waals surface area contributed by atoms with Crippen LogP contribution in [0.1, 0.15) is 0 Å². The van der Waals surface area contributed by atoms with Gasteiger partial charge in [0.2, 0.25) is 0 Å². The van der Waals surface area contributed by atoms with E-state index in [1.807, 2.05) is 30.3 Å². The molecule has 0 spiro atoms. The van der Waals surface area contributed by atoms with E-state index in [9.17, 15) is 8.42 Å². The Hall–Kier alpha value is -2.25. The number of ether oxygens (including phenoxy) is 2. The molecule has 7 heteroatoms. The SMILES string of the molecule is COc1ccc(S(=O)(=O)Nc2ccc(Br)c3ccccc23)cc1OC. The summed E-state index contributed by atoms with van der Waals surface area (Å²) in [6, 6.07) is 15.6. The number of sulfonamides is 1. The number of anilines is 1. The third kappa shape index (κ3) is 3.43. The Balaban J connectivity index is 2.04. The Kier molecular flexibility index (Phi) is 4.87. The van der Waals surface area contributed by atoms with Crippen LogP contribution in [0.25, 0.3) is 10.8 Å². The Morgan fingerprint density at radius 3 is 2.24 bits per heavy atom. The monoisotopic (exact) mass is 421 g/mol. The van der Waals surface area contributed by atoms with E-state index in [1.165, 1.54) is 26.4 Å². The molecule has 3 aromatic carbocycles. The predicted molar refractivity (Wildman–Crippen MR) is 102 cm³/mol. The number of nitrogens with one attached hydrogen (secondary N) is 1. The molecule has 3 aromatic rings. The topological polar surface area (TPSA) is 64.6 Å². The Bertz CT molecular complexity index is 1030. The molecule has 130 valence electrons. The maximum absolute atomic E-state index is 12.8. The fraction of sp³-hybridized carbons (Fsp3) is 0.111. The van der Waals surface area contributed by atoms with Gasteiger partial charge in [-0.2, -0.15) is 0 Å². The van der Waals surface area contributed by atoms with E-state index < -0.39 is 10.0 Å². The van der Waals surface area contributed by atoms with Crippen LogP contribution in [0.5, 0.6) is 11.5 Å². The molecule has 0 bridgehead atoms. The first-order chi connectivity index (χ1) is 12.0. The van der Waals surface area contributed by atoms with E-state index >= 15 is 0 Å². The molecule has 0 heterocycles. The fourth-order valence-electron chi connectivity index (χ4n) is 2.54. The van der Waals surface area contributed by atoms with Crippen LogP contribution in [0.2, 0.25) is 0 Å². The number of methoxy groups -OCH3 is 2. The summed E-state index contributed by atoms with van der Waals surface area (Å²) in [7, 11) is -0.816. The van der Waals surface area contributed by atoms with Crippen molar-refractivity contribution >= 4 is 42.4 Å². The molecule has 0 aliphatic rings. The van der Waals surface area contributed by atoms with Crippen molar-refractivity contribution in [1.29, 1.82) is 0 Å². The Labute approximate surface area is 154 Å². The van der Waals surface area contributed by atoms with E-state index in [0.29, 0.717) is 17.2 Å². The minimum Gasteiger partial charge on any atom is -0.493 e. The van der Waals surface area contributed by atoms with Crippen LogP contribution in [0.3, 0.4) is 0 Å². The third-order valence-corrected chi connectivity index (χ3v) is 5.84. The van der Waals surface area contributed by atoms with Crippen molar-refractivity contribution in [3.05, 3.63) is 59.1 Å². The summed E-state index contributed by atoms with van der Waals surface area (Å²) in [6.07, 6.45) is 0. The van der Waals surface area contributed by atoms with Crippen LogP contribution in [0.15, 0.2) is 64.0 Å². The average Bonchev–Trinajstić information content (AvgIpc) is 2.63. The van der Waals surface area contributed by atoms with Crippen molar-refractivity contribution in [2.75, 3.05) is 18.9 Å². The van der Waals surface area contributed by atoms with Crippen LogP contribution in [-0.2, 0) is 10.0 Å². The van der Waals surface area contributed by atoms with Gasteiger partial charge in [-0.25, -0.2) is 8.42 Å². The quantitative estimate of drug-likeness (QED) is 0.661. The fourth-order valence-corrected chi connectivity index (χ4v) is 4.11. The van der Waals surface area contributed by atoms with Gasteiger partial charge in [-0.3, -0.25) is 4.72 Å². The number of hydrogen-bond acceptors (Lipinski definition) is 4. The highest BCUT2D eigenvalue weighted by atomic mass is 79.9. The molecule has 0 unspecified atom stereocenters. The van der Waals surface area contributed by atoms with Gasteiger partial charge >= 0.3 is 0 Å². The van der Waals surface area contributed by atoms with Crippen LogP contribution >= 0.6 is 15.9 Å². The van der Waals surface area contributed by atoms with Gasteiger partial charge in [-0.05, 0) is 29.7 Å². The lowest BCUT2D eigenvalue weighted by atomic mass is 10.1. The summed E-state index contributed by atoms with van der Waals surface area (Å²) in [5.41, 5.74) is 0.508. The molecule has 0 aromatic heterocycles. The standard InChI is InChI=1S/C18H16BrNO4S/c1-23-17-10-7-12(11-18(17)24-2)25(21,22)20-16-9-8-15(19)13-5-3-4-6-14(13)16/h3-11,20H,1-2H3. The van der Waals surface area contributed by atoms with Crippen LogP contribution in [-0.4, -0.2) is 22.6 Å². The zero-order chi connectivity index (χ0) is 18.0. The highest BCUT2D eigenvalue weighted by Gasteiger charge is 2.18. The average molecular weight is 422 g/mol. The lowest BCUT2D eigenvalue weighted by molar-refractivity contribution is 0.354. The molecule has 0 radical (unpaired) electrons. The van der Waals surface area contributed by atoms with Crippen LogP contribution in [0.4, 0.5) is 5.69 Å². The number of benzene rings is 3. The van der Waals surface area contributed by atoms with Crippen molar-refractivity contribution in [3.8, 4) is 11.5 Å². The minimum atomic E-state index is -3.78. The molecule has 0 amide bonds. The summed E-state index contributed by atoms with van der Waals surface area (Å²) in [4.78, 5) is 0.0946. The van der Waals surface area contributed by atoms with Crippen molar-refractivity contribution in [3.63, 3.8) is 0 Å². The van der Waals surface area contributed by atoms with Gasteiger partial charge in [0.1, 0.15) is 0 Å². The van der Waals surface area contributed by atoms with E-state index in [2.05, 4.69) is 20.7 Å². The van der Waals surface area contributed by atoms with Crippen LogP contribution in [0, 0.1) is 0 Å². The maximum Gasteiger partial charge on any atom is 0.262 e. The Morgan fingerprint density at radius 2 is 1.56 bits per heavy atom. The molecule has 0 saturated heterocycles. The summed E-state index contributed by atoms with van der Waals surface area (Å²) in [5.74, 6) is 0.821. The van der Waals surface area contributed by atoms with E-state index in [1.54, 1.807) is 12.1 Å². The van der Waals surface area contributed by atoms with Crippen LogP contribution < -0.4 is 14.2 Å². The van der Waals surface area contributed by atoms with Gasteiger partial charge in [0.05, 0.1) is 24.8 Å². The summed E-state index contributed by atoms with van der Waals surface area (Å²) >= 11 is 3.48. The zero-order valence-electron chi connectivity index (χ0n) is 13.6. The summed E-state index contributed by atoms with van der Waals surface area (Å²) in [5, 5.41) is 1.73. The molecule has 0 saturated carbocycles. The molecule has 25 heavy (non-hydrogen) atoms. The van der Waals surface area contributed by atoms with Crippen molar-refractivity contribution in [1.82, 2.24) is 0 Å². The predicted octanol–water partition coefficient (Wildman–Crippen LogP) is 4.42. The second-order valence-electron chi connectivity index (χ2n) is 5.26. The second-order valence-corrected chi connectivity index (χ2v) is 7.80. The lowest BCUT2D eigenvalue weighted by Crippen LogP contribution is -2.13. The molecule has 1 N–H and O–H groups in total. The van der Waals surface area contributed by atoms with E-state index in [0.717, 1.165) is 15.2 Å². The first kappa shape index (κ1) is 17.6. The van der Waals surface area contributed by atoms with Gasteiger partial charge in [-0.15, -0.1) is 0 Å². The van der Waals surface area contributed by atoms with Crippen molar-refractivity contribution < 1.29 is 17.9 Å². The van der Waals surface area contributed by atoms with Gasteiger partial charge in [0.25, 0.3) is 10.0 Å². The number of fused-ring (bicyclic) bond motifs is 1. The molecule has 0 aliphatic carbocycles. The smallest absolute Gasteiger partial charge is 0.262 e. The maximum atomic E-state index is 12.8. The first-order valence-electron chi connectivity index (χ1n) is 7.38. The van der Waals surface area contributed by atoms with E-state index in [4.69, 9.17) is 9.47 Å². The summed E-state index contributed by atoms with van der Waals surface area (Å²) < 4.78 is 39.4. The van der Waals surface area contributed by atoms with Gasteiger partial charge in [0, 0.05) is 15.9 Å². The lowest BCUT2D eigenvalue weighted by Gasteiger charge is -2.13. The number of halogens is 1. The molecule has 0 fully saturated rings. The number of rotatable bonds is 5. The normalized spacial score (nSPS) is 11.3. The minimum absolute atomic E-state index is 0.0946. The molecular weight excluding hydrogens is 406 g/mol. The molecule has 0 aliphatic heterocycles. The third-order valence-electron chi connectivity index (χ3n) is 3.78. The zero-order valence-corrected chi connectivity index (χ0v) is 16.0. The second kappa shape index (κ2) is 6.93. The summed E-state index contributed by atoms with van der Waals surface area (Å²) in [6.45, 7) is 0. The molecule has 5 nitrogen and oxygen atoms in total. The van der Waals surface area contributed by atoms with Gasteiger partial charge in [0.15, 0.2) is 11.5 Å². The Morgan fingerprint density at radius 1 is 0.880 bits per heavy atom. The number of hydrogen-bond donors (Lipinski definition) is 1. The highest BCUT2D eigenvalue weighted by molar-refractivity contribution is 9.10. The van der Waals surface area contributed by atoms with E-state index in [-0.39, 0.29) is 4.90 Å².